The number of ether oxygens (including phenoxy) is 2. The largest absolute Gasteiger partial charge is 0.454 e. The molecule has 1 aromatic heterocycles. The smallest absolute Gasteiger partial charge is 0.253 e. The molecule has 0 fully saturated rings. The standard InChI is InChI=1S/C20H16FN3O3/c21-17-4-2-1-3-13(17)10-23-20(25)14-7-16(11-22-9-14)24-15-5-6-18-19(8-15)27-12-26-18/h1-9,11,24H,10,12H2,(H,23,25). The Labute approximate surface area is 155 Å². The van der Waals surface area contributed by atoms with Gasteiger partial charge in [-0.2, -0.15) is 0 Å². The van der Waals surface area contributed by atoms with Crippen LogP contribution in [0.5, 0.6) is 11.5 Å². The van der Waals surface area contributed by atoms with Crippen LogP contribution in [0.1, 0.15) is 15.9 Å². The highest BCUT2D eigenvalue weighted by molar-refractivity contribution is 5.94. The number of anilines is 2. The molecule has 4 rings (SSSR count). The predicted molar refractivity (Wildman–Crippen MR) is 97.7 cm³/mol. The van der Waals surface area contributed by atoms with Gasteiger partial charge in [-0.25, -0.2) is 4.39 Å². The molecule has 136 valence electrons. The quantitative estimate of drug-likeness (QED) is 0.722. The Kier molecular flexibility index (Phi) is 4.57. The van der Waals surface area contributed by atoms with Crippen molar-refractivity contribution in [3.8, 4) is 11.5 Å². The number of amides is 1. The lowest BCUT2D eigenvalue weighted by molar-refractivity contribution is 0.0950. The van der Waals surface area contributed by atoms with Crippen LogP contribution in [-0.2, 0) is 6.54 Å². The molecule has 1 aliphatic rings. The molecule has 7 heteroatoms. The number of hydrogen-bond acceptors (Lipinski definition) is 5. The SMILES string of the molecule is O=C(NCc1ccccc1F)c1cncc(Nc2ccc3c(c2)OCO3)c1. The van der Waals surface area contributed by atoms with E-state index in [9.17, 15) is 9.18 Å². The lowest BCUT2D eigenvalue weighted by atomic mass is 10.2. The van der Waals surface area contributed by atoms with Crippen molar-refractivity contribution in [2.45, 2.75) is 6.54 Å². The summed E-state index contributed by atoms with van der Waals surface area (Å²) in [4.78, 5) is 16.4. The molecule has 6 nitrogen and oxygen atoms in total. The van der Waals surface area contributed by atoms with E-state index in [-0.39, 0.29) is 25.1 Å². The summed E-state index contributed by atoms with van der Waals surface area (Å²) in [6, 6.07) is 13.5. The minimum atomic E-state index is -0.353. The zero-order chi connectivity index (χ0) is 18.6. The number of pyridine rings is 1. The maximum absolute atomic E-state index is 13.7. The van der Waals surface area contributed by atoms with Gasteiger partial charge in [0.15, 0.2) is 11.5 Å². The fraction of sp³-hybridized carbons (Fsp3) is 0.100. The first-order valence-corrected chi connectivity index (χ1v) is 8.32. The van der Waals surface area contributed by atoms with E-state index in [1.54, 1.807) is 30.5 Å². The molecule has 0 saturated carbocycles. The van der Waals surface area contributed by atoms with Crippen LogP contribution in [0.4, 0.5) is 15.8 Å². The molecule has 0 saturated heterocycles. The summed E-state index contributed by atoms with van der Waals surface area (Å²) in [6.45, 7) is 0.309. The van der Waals surface area contributed by atoms with E-state index in [2.05, 4.69) is 15.6 Å². The normalized spacial score (nSPS) is 11.9. The fourth-order valence-electron chi connectivity index (χ4n) is 2.69. The molecule has 0 aliphatic carbocycles. The van der Waals surface area contributed by atoms with Gasteiger partial charge in [0, 0.05) is 30.1 Å². The Morgan fingerprint density at radius 3 is 2.78 bits per heavy atom. The van der Waals surface area contributed by atoms with Crippen LogP contribution in [0.2, 0.25) is 0 Å². The Bertz CT molecular complexity index is 994. The van der Waals surface area contributed by atoms with Crippen molar-refractivity contribution < 1.29 is 18.7 Å². The Balaban J connectivity index is 1.44. The van der Waals surface area contributed by atoms with Gasteiger partial charge in [-0.15, -0.1) is 0 Å². The third-order valence-corrected chi connectivity index (χ3v) is 4.06. The molecule has 0 spiro atoms. The lowest BCUT2D eigenvalue weighted by Crippen LogP contribution is -2.23. The summed E-state index contributed by atoms with van der Waals surface area (Å²) in [6.07, 6.45) is 3.07. The molecule has 2 N–H and O–H groups in total. The number of hydrogen-bond donors (Lipinski definition) is 2. The highest BCUT2D eigenvalue weighted by Gasteiger charge is 2.14. The van der Waals surface area contributed by atoms with E-state index in [4.69, 9.17) is 9.47 Å². The average molecular weight is 365 g/mol. The summed E-state index contributed by atoms with van der Waals surface area (Å²) in [5.74, 6) is 0.668. The van der Waals surface area contributed by atoms with E-state index in [0.29, 0.717) is 28.3 Å². The maximum atomic E-state index is 13.7. The van der Waals surface area contributed by atoms with Crippen LogP contribution in [0, 0.1) is 5.82 Å². The first-order chi connectivity index (χ1) is 13.2. The van der Waals surface area contributed by atoms with Crippen molar-refractivity contribution in [1.82, 2.24) is 10.3 Å². The average Bonchev–Trinajstić information content (AvgIpc) is 3.15. The molecule has 3 aromatic rings. The van der Waals surface area contributed by atoms with Crippen LogP contribution >= 0.6 is 0 Å². The van der Waals surface area contributed by atoms with Crippen LogP contribution in [0.25, 0.3) is 0 Å². The second-order valence-corrected chi connectivity index (χ2v) is 5.93. The molecule has 0 unspecified atom stereocenters. The van der Waals surface area contributed by atoms with Crippen molar-refractivity contribution in [3.63, 3.8) is 0 Å². The van der Waals surface area contributed by atoms with Crippen LogP contribution in [0.15, 0.2) is 60.9 Å². The number of halogens is 1. The molecular weight excluding hydrogens is 349 g/mol. The third kappa shape index (κ3) is 3.82. The molecule has 1 amide bonds. The number of nitrogens with one attached hydrogen (secondary N) is 2. The van der Waals surface area contributed by atoms with Crippen LogP contribution in [-0.4, -0.2) is 17.7 Å². The molecule has 1 aliphatic heterocycles. The highest BCUT2D eigenvalue weighted by Crippen LogP contribution is 2.35. The number of carbonyl (C=O) groups excluding carboxylic acids is 1. The zero-order valence-electron chi connectivity index (χ0n) is 14.2. The van der Waals surface area contributed by atoms with E-state index in [1.165, 1.54) is 12.3 Å². The van der Waals surface area contributed by atoms with E-state index >= 15 is 0 Å². The second kappa shape index (κ2) is 7.33. The molecule has 0 radical (unpaired) electrons. The van der Waals surface area contributed by atoms with Gasteiger partial charge in [0.1, 0.15) is 5.82 Å². The van der Waals surface area contributed by atoms with Gasteiger partial charge in [0.25, 0.3) is 5.91 Å². The Morgan fingerprint density at radius 1 is 1.04 bits per heavy atom. The van der Waals surface area contributed by atoms with Gasteiger partial charge in [-0.05, 0) is 24.3 Å². The molecule has 2 aromatic carbocycles. The van der Waals surface area contributed by atoms with Crippen molar-refractivity contribution >= 4 is 17.3 Å². The molecule has 0 bridgehead atoms. The summed E-state index contributed by atoms with van der Waals surface area (Å²) in [5.41, 5.74) is 2.22. The summed E-state index contributed by atoms with van der Waals surface area (Å²) >= 11 is 0. The first-order valence-electron chi connectivity index (χ1n) is 8.32. The topological polar surface area (TPSA) is 72.5 Å². The van der Waals surface area contributed by atoms with Crippen molar-refractivity contribution in [3.05, 3.63) is 77.9 Å². The number of benzene rings is 2. The summed E-state index contributed by atoms with van der Waals surface area (Å²) < 4.78 is 24.3. The minimum absolute atomic E-state index is 0.103. The van der Waals surface area contributed by atoms with Gasteiger partial charge in [0.05, 0.1) is 17.4 Å². The summed E-state index contributed by atoms with van der Waals surface area (Å²) in [7, 11) is 0. The fourth-order valence-corrected chi connectivity index (χ4v) is 2.69. The Hall–Kier alpha value is -3.61. The lowest BCUT2D eigenvalue weighted by Gasteiger charge is -2.09. The van der Waals surface area contributed by atoms with E-state index in [0.717, 1.165) is 5.69 Å². The molecule has 2 heterocycles. The van der Waals surface area contributed by atoms with Gasteiger partial charge >= 0.3 is 0 Å². The highest BCUT2D eigenvalue weighted by atomic mass is 19.1. The van der Waals surface area contributed by atoms with Crippen LogP contribution < -0.4 is 20.1 Å². The molecule has 0 atom stereocenters. The van der Waals surface area contributed by atoms with Gasteiger partial charge in [-0.1, -0.05) is 18.2 Å². The second-order valence-electron chi connectivity index (χ2n) is 5.93. The predicted octanol–water partition coefficient (Wildman–Crippen LogP) is 3.62. The van der Waals surface area contributed by atoms with Gasteiger partial charge < -0.3 is 20.1 Å². The third-order valence-electron chi connectivity index (χ3n) is 4.06. The first kappa shape index (κ1) is 16.8. The maximum Gasteiger partial charge on any atom is 0.253 e. The van der Waals surface area contributed by atoms with Gasteiger partial charge in [0.2, 0.25) is 6.79 Å². The number of nitrogens with zero attached hydrogens (tertiary/aromatic N) is 1. The van der Waals surface area contributed by atoms with Crippen molar-refractivity contribution in [2.24, 2.45) is 0 Å². The van der Waals surface area contributed by atoms with E-state index in [1.807, 2.05) is 18.2 Å². The minimum Gasteiger partial charge on any atom is -0.454 e. The molecule has 27 heavy (non-hydrogen) atoms. The van der Waals surface area contributed by atoms with Gasteiger partial charge in [-0.3, -0.25) is 9.78 Å². The monoisotopic (exact) mass is 365 g/mol. The molecular formula is C20H16FN3O3. The number of rotatable bonds is 5. The Morgan fingerprint density at radius 2 is 1.89 bits per heavy atom. The van der Waals surface area contributed by atoms with Crippen molar-refractivity contribution in [1.29, 1.82) is 0 Å². The zero-order valence-corrected chi connectivity index (χ0v) is 14.2. The van der Waals surface area contributed by atoms with Crippen molar-refractivity contribution in [2.75, 3.05) is 12.1 Å². The number of aromatic nitrogens is 1. The number of carbonyl (C=O) groups is 1. The van der Waals surface area contributed by atoms with Crippen LogP contribution in [0.3, 0.4) is 0 Å². The number of fused-ring (bicyclic) bond motifs is 1. The van der Waals surface area contributed by atoms with E-state index < -0.39 is 0 Å². The summed E-state index contributed by atoms with van der Waals surface area (Å²) in [5, 5.41) is 5.87.